The Morgan fingerprint density at radius 2 is 2.35 bits per heavy atom. The molecule has 1 aromatic carbocycles. The van der Waals surface area contributed by atoms with Gasteiger partial charge in [0.25, 0.3) is 0 Å². The molecule has 1 saturated heterocycles. The van der Waals surface area contributed by atoms with E-state index in [1.807, 2.05) is 25.1 Å². The highest BCUT2D eigenvalue weighted by Crippen LogP contribution is 2.18. The van der Waals surface area contributed by atoms with Crippen LogP contribution in [0.4, 0.5) is 4.79 Å². The maximum Gasteiger partial charge on any atom is 0.410 e. The minimum atomic E-state index is -0.232. The predicted molar refractivity (Wildman–Crippen MR) is 65.5 cm³/mol. The molecule has 1 unspecified atom stereocenters. The highest BCUT2D eigenvalue weighted by Gasteiger charge is 2.31. The summed E-state index contributed by atoms with van der Waals surface area (Å²) in [5.74, 6) is 0. The second-order valence-electron chi connectivity index (χ2n) is 4.43. The lowest BCUT2D eigenvalue weighted by Gasteiger charge is -2.21. The summed E-state index contributed by atoms with van der Waals surface area (Å²) in [6.07, 6.45) is 0.558. The maximum absolute atomic E-state index is 11.6. The lowest BCUT2D eigenvalue weighted by molar-refractivity contribution is 0.156. The molecule has 0 bridgehead atoms. The molecular formula is C13H18N2O2. The molecule has 2 rings (SSSR count). The molecule has 4 nitrogen and oxygen atoms in total. The Morgan fingerprint density at radius 1 is 1.53 bits per heavy atom. The van der Waals surface area contributed by atoms with Crippen LogP contribution in [0, 0.1) is 6.92 Å². The van der Waals surface area contributed by atoms with Gasteiger partial charge in [-0.3, -0.25) is 4.90 Å². The summed E-state index contributed by atoms with van der Waals surface area (Å²) in [6.45, 7) is 3.68. The predicted octanol–water partition coefficient (Wildman–Crippen LogP) is 1.66. The van der Waals surface area contributed by atoms with Gasteiger partial charge < -0.3 is 10.5 Å². The first kappa shape index (κ1) is 11.9. The van der Waals surface area contributed by atoms with Crippen molar-refractivity contribution in [3.8, 4) is 0 Å². The number of cyclic esters (lactones) is 1. The van der Waals surface area contributed by atoms with Gasteiger partial charge in [-0.25, -0.2) is 4.79 Å². The van der Waals surface area contributed by atoms with Gasteiger partial charge in [0.2, 0.25) is 0 Å². The summed E-state index contributed by atoms with van der Waals surface area (Å²) in [5, 5.41) is 0. The molecule has 1 amide bonds. The molecule has 92 valence electrons. The van der Waals surface area contributed by atoms with E-state index in [4.69, 9.17) is 10.5 Å². The summed E-state index contributed by atoms with van der Waals surface area (Å²) >= 11 is 0. The Hall–Kier alpha value is -1.55. The Morgan fingerprint density at radius 3 is 3.06 bits per heavy atom. The van der Waals surface area contributed by atoms with Crippen LogP contribution >= 0.6 is 0 Å². The van der Waals surface area contributed by atoms with Gasteiger partial charge in [0.05, 0.1) is 6.04 Å². The summed E-state index contributed by atoms with van der Waals surface area (Å²) in [5.41, 5.74) is 7.87. The molecule has 2 N–H and O–H groups in total. The molecule has 4 heteroatoms. The normalized spacial score (nSPS) is 19.5. The zero-order chi connectivity index (χ0) is 12.3. The third-order valence-corrected chi connectivity index (χ3v) is 3.01. The van der Waals surface area contributed by atoms with E-state index in [9.17, 15) is 4.79 Å². The number of aryl methyl sites for hydroxylation is 1. The van der Waals surface area contributed by atoms with Crippen LogP contribution in [0.15, 0.2) is 24.3 Å². The number of hydrogen-bond donors (Lipinski definition) is 1. The van der Waals surface area contributed by atoms with Crippen LogP contribution in [0.1, 0.15) is 17.5 Å². The number of nitrogens with two attached hydrogens (primary N) is 1. The molecule has 0 spiro atoms. The topological polar surface area (TPSA) is 55.6 Å². The molecule has 1 atom stereocenters. The van der Waals surface area contributed by atoms with Gasteiger partial charge in [-0.05, 0) is 25.5 Å². The average Bonchev–Trinajstić information content (AvgIpc) is 2.62. The number of carbonyl (C=O) groups is 1. The lowest BCUT2D eigenvalue weighted by atomic mass is 10.1. The summed E-state index contributed by atoms with van der Waals surface area (Å²) < 4.78 is 5.06. The van der Waals surface area contributed by atoms with Crippen molar-refractivity contribution in [2.75, 3.05) is 13.2 Å². The van der Waals surface area contributed by atoms with Gasteiger partial charge in [-0.15, -0.1) is 0 Å². The average molecular weight is 234 g/mol. The summed E-state index contributed by atoms with van der Waals surface area (Å²) in [6, 6.07) is 8.28. The number of rotatable bonds is 4. The Bertz CT molecular complexity index is 406. The highest BCUT2D eigenvalue weighted by molar-refractivity contribution is 5.70. The molecule has 1 fully saturated rings. The van der Waals surface area contributed by atoms with E-state index in [2.05, 4.69) is 6.07 Å². The Balaban J connectivity index is 2.08. The number of hydrogen-bond acceptors (Lipinski definition) is 3. The van der Waals surface area contributed by atoms with Gasteiger partial charge in [0.1, 0.15) is 6.61 Å². The van der Waals surface area contributed by atoms with E-state index in [0.29, 0.717) is 19.7 Å². The Labute approximate surface area is 101 Å². The van der Waals surface area contributed by atoms with Crippen LogP contribution in [0.25, 0.3) is 0 Å². The van der Waals surface area contributed by atoms with Gasteiger partial charge >= 0.3 is 6.09 Å². The first-order valence-corrected chi connectivity index (χ1v) is 5.89. The zero-order valence-corrected chi connectivity index (χ0v) is 10.1. The second-order valence-corrected chi connectivity index (χ2v) is 4.43. The monoisotopic (exact) mass is 234 g/mol. The minimum absolute atomic E-state index is 0.119. The van der Waals surface area contributed by atoms with Gasteiger partial charge in [-0.2, -0.15) is 0 Å². The molecule has 17 heavy (non-hydrogen) atoms. The van der Waals surface area contributed by atoms with Crippen molar-refractivity contribution in [2.24, 2.45) is 5.73 Å². The smallest absolute Gasteiger partial charge is 0.410 e. The lowest BCUT2D eigenvalue weighted by Crippen LogP contribution is -2.34. The van der Waals surface area contributed by atoms with Crippen molar-refractivity contribution in [1.29, 1.82) is 0 Å². The van der Waals surface area contributed by atoms with Gasteiger partial charge in [-0.1, -0.05) is 29.8 Å². The van der Waals surface area contributed by atoms with E-state index < -0.39 is 0 Å². The van der Waals surface area contributed by atoms with Gasteiger partial charge in [0, 0.05) is 6.54 Å². The summed E-state index contributed by atoms with van der Waals surface area (Å²) in [4.78, 5) is 13.4. The summed E-state index contributed by atoms with van der Waals surface area (Å²) in [7, 11) is 0. The SMILES string of the molecule is Cc1cccc(CN2C(=O)OCC2CCN)c1. The first-order valence-electron chi connectivity index (χ1n) is 5.89. The quantitative estimate of drug-likeness (QED) is 0.862. The molecule has 0 saturated carbocycles. The zero-order valence-electron chi connectivity index (χ0n) is 10.1. The van der Waals surface area contributed by atoms with Crippen LogP contribution in [-0.4, -0.2) is 30.2 Å². The Kier molecular flexibility index (Phi) is 3.64. The second kappa shape index (κ2) is 5.19. The van der Waals surface area contributed by atoms with E-state index in [0.717, 1.165) is 12.0 Å². The number of nitrogens with zero attached hydrogens (tertiary/aromatic N) is 1. The largest absolute Gasteiger partial charge is 0.447 e. The van der Waals surface area contributed by atoms with E-state index in [1.54, 1.807) is 4.90 Å². The molecule has 0 radical (unpaired) electrons. The van der Waals surface area contributed by atoms with Crippen LogP contribution in [0.2, 0.25) is 0 Å². The van der Waals surface area contributed by atoms with E-state index >= 15 is 0 Å². The van der Waals surface area contributed by atoms with Crippen LogP contribution in [0.5, 0.6) is 0 Å². The van der Waals surface area contributed by atoms with Crippen molar-refractivity contribution in [1.82, 2.24) is 4.90 Å². The maximum atomic E-state index is 11.6. The minimum Gasteiger partial charge on any atom is -0.447 e. The van der Waals surface area contributed by atoms with Crippen molar-refractivity contribution in [3.05, 3.63) is 35.4 Å². The fourth-order valence-electron chi connectivity index (χ4n) is 2.12. The number of carbonyl (C=O) groups excluding carboxylic acids is 1. The van der Waals surface area contributed by atoms with Crippen LogP contribution in [-0.2, 0) is 11.3 Å². The molecule has 1 heterocycles. The molecule has 1 aliphatic heterocycles. The number of ether oxygens (including phenoxy) is 1. The first-order chi connectivity index (χ1) is 8.20. The highest BCUT2D eigenvalue weighted by atomic mass is 16.6. The van der Waals surface area contributed by atoms with Crippen LogP contribution < -0.4 is 5.73 Å². The van der Waals surface area contributed by atoms with E-state index in [1.165, 1.54) is 5.56 Å². The van der Waals surface area contributed by atoms with Gasteiger partial charge in [0.15, 0.2) is 0 Å². The van der Waals surface area contributed by atoms with Crippen molar-refractivity contribution >= 4 is 6.09 Å². The fraction of sp³-hybridized carbons (Fsp3) is 0.462. The third kappa shape index (κ3) is 2.77. The third-order valence-electron chi connectivity index (χ3n) is 3.01. The van der Waals surface area contributed by atoms with Crippen LogP contribution in [0.3, 0.4) is 0 Å². The molecule has 0 aromatic heterocycles. The molecular weight excluding hydrogens is 216 g/mol. The number of benzene rings is 1. The van der Waals surface area contributed by atoms with E-state index in [-0.39, 0.29) is 12.1 Å². The molecule has 1 aliphatic rings. The molecule has 0 aliphatic carbocycles. The molecule has 1 aromatic rings. The standard InChI is InChI=1S/C13H18N2O2/c1-10-3-2-4-11(7-10)8-15-12(5-6-14)9-17-13(15)16/h2-4,7,12H,5-6,8-9,14H2,1H3. The fourth-order valence-corrected chi connectivity index (χ4v) is 2.12. The van der Waals surface area contributed by atoms with Crippen molar-refractivity contribution in [2.45, 2.75) is 25.9 Å². The number of amides is 1. The van der Waals surface area contributed by atoms with Crippen molar-refractivity contribution < 1.29 is 9.53 Å². The van der Waals surface area contributed by atoms with Crippen molar-refractivity contribution in [3.63, 3.8) is 0 Å².